The van der Waals surface area contributed by atoms with Gasteiger partial charge in [-0.05, 0) is 30.2 Å². The molecule has 0 saturated carbocycles. The Hall–Kier alpha value is -2.33. The Morgan fingerprint density at radius 2 is 1.95 bits per heavy atom. The molecule has 22 heavy (non-hydrogen) atoms. The molecular weight excluding hydrogens is 278 g/mol. The minimum atomic E-state index is -0.597. The highest BCUT2D eigenvalue weighted by molar-refractivity contribution is 5.97. The minimum absolute atomic E-state index is 0.232. The SMILES string of the molecule is CCOc1ccccc1C(=O)NC1c2ccccc2CC1O. The summed E-state index contributed by atoms with van der Waals surface area (Å²) in [4.78, 5) is 12.5. The number of nitrogens with one attached hydrogen (secondary N) is 1. The summed E-state index contributed by atoms with van der Waals surface area (Å²) >= 11 is 0. The normalized spacial score (nSPS) is 19.5. The van der Waals surface area contributed by atoms with Crippen LogP contribution in [-0.2, 0) is 6.42 Å². The second-order valence-corrected chi connectivity index (χ2v) is 5.35. The van der Waals surface area contributed by atoms with Crippen LogP contribution < -0.4 is 10.1 Å². The zero-order valence-electron chi connectivity index (χ0n) is 12.5. The summed E-state index contributed by atoms with van der Waals surface area (Å²) in [5.41, 5.74) is 2.55. The lowest BCUT2D eigenvalue weighted by Gasteiger charge is -2.19. The van der Waals surface area contributed by atoms with E-state index in [4.69, 9.17) is 4.74 Å². The van der Waals surface area contributed by atoms with Crippen LogP contribution in [0, 0.1) is 0 Å². The average molecular weight is 297 g/mol. The predicted molar refractivity (Wildman–Crippen MR) is 84.0 cm³/mol. The third-order valence-corrected chi connectivity index (χ3v) is 3.92. The van der Waals surface area contributed by atoms with Crippen molar-refractivity contribution in [3.05, 3.63) is 65.2 Å². The van der Waals surface area contributed by atoms with Crippen LogP contribution in [0.2, 0.25) is 0 Å². The number of hydrogen-bond acceptors (Lipinski definition) is 3. The van der Waals surface area contributed by atoms with Crippen molar-refractivity contribution >= 4 is 5.91 Å². The molecule has 2 aromatic rings. The zero-order chi connectivity index (χ0) is 15.5. The lowest BCUT2D eigenvalue weighted by atomic mass is 10.1. The Morgan fingerprint density at radius 1 is 1.23 bits per heavy atom. The van der Waals surface area contributed by atoms with E-state index < -0.39 is 6.10 Å². The standard InChI is InChI=1S/C18H19NO3/c1-2-22-16-10-6-5-9-14(16)18(21)19-17-13-8-4-3-7-12(13)11-15(17)20/h3-10,15,17,20H,2,11H2,1H3,(H,19,21). The number of fused-ring (bicyclic) bond motifs is 1. The van der Waals surface area contributed by atoms with E-state index in [-0.39, 0.29) is 11.9 Å². The van der Waals surface area contributed by atoms with Gasteiger partial charge < -0.3 is 15.2 Å². The van der Waals surface area contributed by atoms with Crippen molar-refractivity contribution in [2.45, 2.75) is 25.5 Å². The second-order valence-electron chi connectivity index (χ2n) is 5.35. The van der Waals surface area contributed by atoms with Crippen LogP contribution in [0.25, 0.3) is 0 Å². The van der Waals surface area contributed by atoms with Crippen LogP contribution in [0.5, 0.6) is 5.75 Å². The monoisotopic (exact) mass is 297 g/mol. The van der Waals surface area contributed by atoms with E-state index in [1.54, 1.807) is 18.2 Å². The highest BCUT2D eigenvalue weighted by atomic mass is 16.5. The lowest BCUT2D eigenvalue weighted by Crippen LogP contribution is -2.34. The zero-order valence-corrected chi connectivity index (χ0v) is 12.5. The van der Waals surface area contributed by atoms with Gasteiger partial charge in [-0.2, -0.15) is 0 Å². The predicted octanol–water partition coefficient (Wildman–Crippen LogP) is 2.47. The fraction of sp³-hybridized carbons (Fsp3) is 0.278. The van der Waals surface area contributed by atoms with E-state index in [1.165, 1.54) is 0 Å². The van der Waals surface area contributed by atoms with E-state index >= 15 is 0 Å². The number of aliphatic hydroxyl groups is 1. The van der Waals surface area contributed by atoms with Gasteiger partial charge in [0.05, 0.1) is 24.3 Å². The Morgan fingerprint density at radius 3 is 2.77 bits per heavy atom. The summed E-state index contributed by atoms with van der Waals surface area (Å²) in [6, 6.07) is 14.6. The van der Waals surface area contributed by atoms with E-state index in [0.717, 1.165) is 11.1 Å². The molecule has 2 N–H and O–H groups in total. The van der Waals surface area contributed by atoms with E-state index in [0.29, 0.717) is 24.3 Å². The van der Waals surface area contributed by atoms with Crippen molar-refractivity contribution in [3.63, 3.8) is 0 Å². The summed E-state index contributed by atoms with van der Waals surface area (Å²) in [5, 5.41) is 13.2. The Bertz CT molecular complexity index is 684. The van der Waals surface area contributed by atoms with Crippen molar-refractivity contribution in [2.75, 3.05) is 6.61 Å². The number of carbonyl (C=O) groups is 1. The molecule has 0 bridgehead atoms. The van der Waals surface area contributed by atoms with Crippen molar-refractivity contribution < 1.29 is 14.6 Å². The molecule has 0 radical (unpaired) electrons. The Balaban J connectivity index is 1.83. The van der Waals surface area contributed by atoms with Gasteiger partial charge in [-0.3, -0.25) is 4.79 Å². The highest BCUT2D eigenvalue weighted by Gasteiger charge is 2.32. The number of ether oxygens (including phenoxy) is 1. The van der Waals surface area contributed by atoms with Gasteiger partial charge in [-0.1, -0.05) is 36.4 Å². The van der Waals surface area contributed by atoms with Gasteiger partial charge in [0.2, 0.25) is 0 Å². The largest absolute Gasteiger partial charge is 0.493 e. The maximum absolute atomic E-state index is 12.5. The molecule has 2 atom stereocenters. The van der Waals surface area contributed by atoms with E-state index in [9.17, 15) is 9.90 Å². The van der Waals surface area contributed by atoms with Crippen LogP contribution >= 0.6 is 0 Å². The van der Waals surface area contributed by atoms with Gasteiger partial charge in [0.25, 0.3) is 5.91 Å². The number of rotatable bonds is 4. The smallest absolute Gasteiger partial charge is 0.255 e. The maximum Gasteiger partial charge on any atom is 0.255 e. The topological polar surface area (TPSA) is 58.6 Å². The van der Waals surface area contributed by atoms with Crippen molar-refractivity contribution in [3.8, 4) is 5.75 Å². The molecular formula is C18H19NO3. The van der Waals surface area contributed by atoms with Gasteiger partial charge in [0.15, 0.2) is 0 Å². The fourth-order valence-corrected chi connectivity index (χ4v) is 2.90. The summed E-state index contributed by atoms with van der Waals surface area (Å²) in [6.07, 6.45) is -0.0329. The number of amides is 1. The van der Waals surface area contributed by atoms with Crippen molar-refractivity contribution in [1.82, 2.24) is 5.32 Å². The first kappa shape index (κ1) is 14.6. The molecule has 1 aliphatic rings. The van der Waals surface area contributed by atoms with Crippen molar-refractivity contribution in [2.24, 2.45) is 0 Å². The third-order valence-electron chi connectivity index (χ3n) is 3.92. The molecule has 0 fully saturated rings. The molecule has 3 rings (SSSR count). The summed E-state index contributed by atoms with van der Waals surface area (Å²) in [7, 11) is 0. The van der Waals surface area contributed by atoms with Gasteiger partial charge in [0, 0.05) is 6.42 Å². The highest BCUT2D eigenvalue weighted by Crippen LogP contribution is 2.32. The van der Waals surface area contributed by atoms with E-state index in [2.05, 4.69) is 5.32 Å². The van der Waals surface area contributed by atoms with Crippen LogP contribution in [0.1, 0.15) is 34.5 Å². The minimum Gasteiger partial charge on any atom is -0.493 e. The molecule has 2 aromatic carbocycles. The molecule has 1 amide bonds. The third kappa shape index (κ3) is 2.70. The molecule has 0 heterocycles. The molecule has 0 saturated heterocycles. The van der Waals surface area contributed by atoms with Gasteiger partial charge >= 0.3 is 0 Å². The van der Waals surface area contributed by atoms with Crippen LogP contribution in [-0.4, -0.2) is 23.7 Å². The van der Waals surface area contributed by atoms with Gasteiger partial charge in [0.1, 0.15) is 5.75 Å². The molecule has 2 unspecified atom stereocenters. The molecule has 0 spiro atoms. The number of carbonyl (C=O) groups excluding carboxylic acids is 1. The van der Waals surface area contributed by atoms with Crippen LogP contribution in [0.15, 0.2) is 48.5 Å². The summed E-state index contributed by atoms with van der Waals surface area (Å²) in [6.45, 7) is 2.38. The Labute approximate surface area is 129 Å². The molecule has 114 valence electrons. The number of aliphatic hydroxyl groups excluding tert-OH is 1. The fourth-order valence-electron chi connectivity index (χ4n) is 2.90. The van der Waals surface area contributed by atoms with Gasteiger partial charge in [-0.25, -0.2) is 0 Å². The quantitative estimate of drug-likeness (QED) is 0.911. The van der Waals surface area contributed by atoms with Crippen molar-refractivity contribution in [1.29, 1.82) is 0 Å². The molecule has 1 aliphatic carbocycles. The van der Waals surface area contributed by atoms with Gasteiger partial charge in [-0.15, -0.1) is 0 Å². The van der Waals surface area contributed by atoms with Crippen LogP contribution in [0.4, 0.5) is 0 Å². The molecule has 0 aliphatic heterocycles. The number of para-hydroxylation sites is 1. The molecule has 4 nitrogen and oxygen atoms in total. The number of hydrogen-bond donors (Lipinski definition) is 2. The summed E-state index contributed by atoms with van der Waals surface area (Å²) in [5.74, 6) is 0.327. The number of benzene rings is 2. The maximum atomic E-state index is 12.5. The van der Waals surface area contributed by atoms with E-state index in [1.807, 2.05) is 37.3 Å². The van der Waals surface area contributed by atoms with Crippen LogP contribution in [0.3, 0.4) is 0 Å². The average Bonchev–Trinajstić information content (AvgIpc) is 2.84. The molecule has 4 heteroatoms. The first-order chi connectivity index (χ1) is 10.7. The molecule has 0 aromatic heterocycles. The lowest BCUT2D eigenvalue weighted by molar-refractivity contribution is 0.0854. The Kier molecular flexibility index (Phi) is 4.11. The second kappa shape index (κ2) is 6.20. The summed E-state index contributed by atoms with van der Waals surface area (Å²) < 4.78 is 5.50. The first-order valence-electron chi connectivity index (χ1n) is 7.49. The first-order valence-corrected chi connectivity index (χ1v) is 7.49.